The summed E-state index contributed by atoms with van der Waals surface area (Å²) in [5.74, 6) is 0. The van der Waals surface area contributed by atoms with E-state index in [1.165, 1.54) is 43.6 Å². The van der Waals surface area contributed by atoms with E-state index in [2.05, 4.69) is 22.0 Å². The molecule has 0 radical (unpaired) electrons. The van der Waals surface area contributed by atoms with Crippen molar-refractivity contribution in [2.24, 2.45) is 0 Å². The molecule has 1 aromatic heterocycles. The van der Waals surface area contributed by atoms with Crippen LogP contribution in [0.25, 0.3) is 0 Å². The molecule has 0 amide bonds. The molecular formula is C12H16N2. The largest absolute Gasteiger partial charge is 0.296 e. The fourth-order valence-electron chi connectivity index (χ4n) is 2.82. The molecule has 3 heterocycles. The summed E-state index contributed by atoms with van der Waals surface area (Å²) >= 11 is 0. The first-order chi connectivity index (χ1) is 6.95. The molecule has 2 nitrogen and oxygen atoms in total. The monoisotopic (exact) mass is 188 g/mol. The SMILES string of the molecule is c1cnc2c(c1)C1CCCCN1CC2. The molecule has 0 aromatic carbocycles. The Morgan fingerprint density at radius 1 is 1.29 bits per heavy atom. The molecule has 1 fully saturated rings. The van der Waals surface area contributed by atoms with Gasteiger partial charge >= 0.3 is 0 Å². The standard InChI is InChI=1S/C12H16N2/c1-2-8-14-9-6-11-10(12(14)5-1)4-3-7-13-11/h3-4,7,12H,1-2,5-6,8-9H2. The lowest BCUT2D eigenvalue weighted by molar-refractivity contribution is 0.137. The van der Waals surface area contributed by atoms with Crippen molar-refractivity contribution in [3.8, 4) is 0 Å². The van der Waals surface area contributed by atoms with Crippen molar-refractivity contribution >= 4 is 0 Å². The molecule has 3 rings (SSSR count). The Kier molecular flexibility index (Phi) is 2.02. The number of hydrogen-bond acceptors (Lipinski definition) is 2. The van der Waals surface area contributed by atoms with E-state index in [0.717, 1.165) is 6.42 Å². The van der Waals surface area contributed by atoms with Gasteiger partial charge in [0.15, 0.2) is 0 Å². The minimum atomic E-state index is 0.682. The van der Waals surface area contributed by atoms with Crippen LogP contribution in [0.1, 0.15) is 36.6 Å². The van der Waals surface area contributed by atoms with E-state index in [-0.39, 0.29) is 0 Å². The number of nitrogens with zero attached hydrogens (tertiary/aromatic N) is 2. The molecular weight excluding hydrogens is 172 g/mol. The fourth-order valence-corrected chi connectivity index (χ4v) is 2.82. The van der Waals surface area contributed by atoms with Crippen LogP contribution in [0.3, 0.4) is 0 Å². The van der Waals surface area contributed by atoms with Crippen molar-refractivity contribution < 1.29 is 0 Å². The van der Waals surface area contributed by atoms with Gasteiger partial charge in [-0.05, 0) is 31.0 Å². The summed E-state index contributed by atoms with van der Waals surface area (Å²) < 4.78 is 0. The Morgan fingerprint density at radius 2 is 2.29 bits per heavy atom. The van der Waals surface area contributed by atoms with E-state index in [1.54, 1.807) is 0 Å². The molecule has 0 spiro atoms. The quantitative estimate of drug-likeness (QED) is 0.620. The molecule has 0 aliphatic carbocycles. The number of rotatable bonds is 0. The first kappa shape index (κ1) is 8.42. The Hall–Kier alpha value is -0.890. The molecule has 0 N–H and O–H groups in total. The Labute approximate surface area is 85.0 Å². The normalized spacial score (nSPS) is 26.7. The van der Waals surface area contributed by atoms with Crippen LogP contribution in [0.2, 0.25) is 0 Å². The Balaban J connectivity index is 1.99. The number of pyridine rings is 1. The number of fused-ring (bicyclic) bond motifs is 3. The van der Waals surface area contributed by atoms with Gasteiger partial charge in [-0.15, -0.1) is 0 Å². The maximum Gasteiger partial charge on any atom is 0.0464 e. The van der Waals surface area contributed by atoms with Crippen molar-refractivity contribution in [2.45, 2.75) is 31.7 Å². The van der Waals surface area contributed by atoms with Crippen LogP contribution < -0.4 is 0 Å². The zero-order chi connectivity index (χ0) is 9.38. The third-order valence-corrected chi connectivity index (χ3v) is 3.53. The van der Waals surface area contributed by atoms with E-state index >= 15 is 0 Å². The number of piperidine rings is 1. The van der Waals surface area contributed by atoms with Gasteiger partial charge in [0, 0.05) is 30.9 Å². The predicted octanol–water partition coefficient (Wildman–Crippen LogP) is 2.16. The first-order valence-electron chi connectivity index (χ1n) is 5.63. The van der Waals surface area contributed by atoms with Crippen LogP contribution in [0.5, 0.6) is 0 Å². The van der Waals surface area contributed by atoms with Gasteiger partial charge in [-0.2, -0.15) is 0 Å². The average molecular weight is 188 g/mol. The zero-order valence-corrected chi connectivity index (χ0v) is 8.45. The Morgan fingerprint density at radius 3 is 3.29 bits per heavy atom. The second-order valence-electron chi connectivity index (χ2n) is 4.34. The molecule has 1 saturated heterocycles. The van der Waals surface area contributed by atoms with Crippen LogP contribution in [-0.2, 0) is 6.42 Å². The molecule has 0 saturated carbocycles. The molecule has 14 heavy (non-hydrogen) atoms. The maximum atomic E-state index is 4.48. The van der Waals surface area contributed by atoms with Crippen molar-refractivity contribution in [2.75, 3.05) is 13.1 Å². The summed E-state index contributed by atoms with van der Waals surface area (Å²) in [5, 5.41) is 0. The van der Waals surface area contributed by atoms with E-state index in [9.17, 15) is 0 Å². The molecule has 1 atom stereocenters. The molecule has 1 unspecified atom stereocenters. The molecule has 74 valence electrons. The summed E-state index contributed by atoms with van der Waals surface area (Å²) in [5.41, 5.74) is 2.84. The lowest BCUT2D eigenvalue weighted by atomic mass is 9.90. The summed E-state index contributed by atoms with van der Waals surface area (Å²) in [6, 6.07) is 5.03. The summed E-state index contributed by atoms with van der Waals surface area (Å²) in [6.07, 6.45) is 7.17. The average Bonchev–Trinajstić information content (AvgIpc) is 2.29. The molecule has 2 aliphatic heterocycles. The highest BCUT2D eigenvalue weighted by Gasteiger charge is 2.29. The van der Waals surface area contributed by atoms with Gasteiger partial charge < -0.3 is 0 Å². The molecule has 2 heteroatoms. The zero-order valence-electron chi connectivity index (χ0n) is 8.45. The smallest absolute Gasteiger partial charge is 0.0464 e. The van der Waals surface area contributed by atoms with Crippen LogP contribution in [-0.4, -0.2) is 23.0 Å². The minimum Gasteiger partial charge on any atom is -0.296 e. The van der Waals surface area contributed by atoms with Gasteiger partial charge in [-0.1, -0.05) is 12.5 Å². The summed E-state index contributed by atoms with van der Waals surface area (Å²) in [7, 11) is 0. The molecule has 2 aliphatic rings. The van der Waals surface area contributed by atoms with Crippen LogP contribution >= 0.6 is 0 Å². The predicted molar refractivity (Wildman–Crippen MR) is 56.1 cm³/mol. The third-order valence-electron chi connectivity index (χ3n) is 3.53. The highest BCUT2D eigenvalue weighted by Crippen LogP contribution is 2.35. The van der Waals surface area contributed by atoms with Crippen LogP contribution in [0.15, 0.2) is 18.3 Å². The van der Waals surface area contributed by atoms with E-state index in [1.807, 2.05) is 6.20 Å². The van der Waals surface area contributed by atoms with Crippen molar-refractivity contribution in [3.05, 3.63) is 29.6 Å². The van der Waals surface area contributed by atoms with Crippen LogP contribution in [0.4, 0.5) is 0 Å². The topological polar surface area (TPSA) is 16.1 Å². The minimum absolute atomic E-state index is 0.682. The third kappa shape index (κ3) is 1.25. The van der Waals surface area contributed by atoms with Crippen LogP contribution in [0, 0.1) is 0 Å². The van der Waals surface area contributed by atoms with Gasteiger partial charge in [0.1, 0.15) is 0 Å². The van der Waals surface area contributed by atoms with Gasteiger partial charge in [0.2, 0.25) is 0 Å². The number of hydrogen-bond donors (Lipinski definition) is 0. The first-order valence-corrected chi connectivity index (χ1v) is 5.63. The van der Waals surface area contributed by atoms with Gasteiger partial charge in [0.25, 0.3) is 0 Å². The highest BCUT2D eigenvalue weighted by atomic mass is 15.2. The van der Waals surface area contributed by atoms with Crippen molar-refractivity contribution in [3.63, 3.8) is 0 Å². The second-order valence-corrected chi connectivity index (χ2v) is 4.34. The maximum absolute atomic E-state index is 4.48. The lowest BCUT2D eigenvalue weighted by Gasteiger charge is -2.39. The van der Waals surface area contributed by atoms with Crippen molar-refractivity contribution in [1.29, 1.82) is 0 Å². The molecule has 0 bridgehead atoms. The summed E-state index contributed by atoms with van der Waals surface area (Å²) in [4.78, 5) is 7.12. The van der Waals surface area contributed by atoms with E-state index < -0.39 is 0 Å². The summed E-state index contributed by atoms with van der Waals surface area (Å²) in [6.45, 7) is 2.51. The van der Waals surface area contributed by atoms with Gasteiger partial charge in [-0.25, -0.2) is 0 Å². The van der Waals surface area contributed by atoms with Gasteiger partial charge in [-0.3, -0.25) is 9.88 Å². The van der Waals surface area contributed by atoms with Gasteiger partial charge in [0.05, 0.1) is 0 Å². The highest BCUT2D eigenvalue weighted by molar-refractivity contribution is 5.26. The second kappa shape index (κ2) is 3.35. The van der Waals surface area contributed by atoms with Crippen molar-refractivity contribution in [1.82, 2.24) is 9.88 Å². The lowest BCUT2D eigenvalue weighted by Crippen LogP contribution is -2.39. The number of aromatic nitrogens is 1. The molecule has 1 aromatic rings. The van der Waals surface area contributed by atoms with E-state index in [0.29, 0.717) is 6.04 Å². The Bertz CT molecular complexity index is 335. The fraction of sp³-hybridized carbons (Fsp3) is 0.583. The van der Waals surface area contributed by atoms with E-state index in [4.69, 9.17) is 0 Å².